The minimum Gasteiger partial charge on any atom is -0.444 e. The molecule has 0 bridgehead atoms. The minimum absolute atomic E-state index is 0.0676. The van der Waals surface area contributed by atoms with Crippen LogP contribution in [0.1, 0.15) is 46.5 Å². The highest BCUT2D eigenvalue weighted by Gasteiger charge is 2.54. The van der Waals surface area contributed by atoms with Crippen molar-refractivity contribution in [2.24, 2.45) is 5.41 Å². The number of aliphatic hydroxyl groups is 1. The number of hydrogen-bond acceptors (Lipinski definition) is 3. The third-order valence-electron chi connectivity index (χ3n) is 4.06. The predicted octanol–water partition coefficient (Wildman–Crippen LogP) is 2.71. The van der Waals surface area contributed by atoms with Crippen molar-refractivity contribution in [3.8, 4) is 0 Å². The fourth-order valence-electron chi connectivity index (χ4n) is 3.37. The first-order valence-electron chi connectivity index (χ1n) is 7.01. The molecule has 1 amide bonds. The van der Waals surface area contributed by atoms with E-state index in [-0.39, 0.29) is 11.5 Å². The highest BCUT2D eigenvalue weighted by molar-refractivity contribution is 5.68. The van der Waals surface area contributed by atoms with Crippen LogP contribution >= 0.6 is 0 Å². The summed E-state index contributed by atoms with van der Waals surface area (Å²) < 4.78 is 5.42. The third-order valence-corrected chi connectivity index (χ3v) is 4.06. The average molecular weight is 267 g/mol. The zero-order valence-electron chi connectivity index (χ0n) is 12.2. The minimum atomic E-state index is -0.725. The smallest absolute Gasteiger partial charge is 0.410 e. The molecule has 0 unspecified atom stereocenters. The second kappa shape index (κ2) is 4.51. The van der Waals surface area contributed by atoms with Gasteiger partial charge in [-0.15, -0.1) is 6.58 Å². The number of nitrogens with zero attached hydrogens (tertiary/aromatic N) is 1. The van der Waals surface area contributed by atoms with E-state index in [0.29, 0.717) is 19.4 Å². The van der Waals surface area contributed by atoms with Crippen LogP contribution in [0.5, 0.6) is 0 Å². The summed E-state index contributed by atoms with van der Waals surface area (Å²) in [5.74, 6) is 0. The van der Waals surface area contributed by atoms with Gasteiger partial charge in [0.05, 0.1) is 5.60 Å². The first-order chi connectivity index (χ1) is 8.67. The Morgan fingerprint density at radius 3 is 2.58 bits per heavy atom. The van der Waals surface area contributed by atoms with Crippen LogP contribution in [0.4, 0.5) is 4.79 Å². The fourth-order valence-corrected chi connectivity index (χ4v) is 3.37. The third kappa shape index (κ3) is 3.11. The molecule has 0 aromatic carbocycles. The summed E-state index contributed by atoms with van der Waals surface area (Å²) in [6.45, 7) is 10.8. The van der Waals surface area contributed by atoms with Gasteiger partial charge in [0, 0.05) is 13.1 Å². The van der Waals surface area contributed by atoms with Crippen molar-refractivity contribution in [1.82, 2.24) is 4.90 Å². The highest BCUT2D eigenvalue weighted by atomic mass is 16.6. The molecule has 1 N–H and O–H groups in total. The zero-order chi connectivity index (χ0) is 14.3. The summed E-state index contributed by atoms with van der Waals surface area (Å²) in [6, 6.07) is 0. The van der Waals surface area contributed by atoms with E-state index in [0.717, 1.165) is 19.4 Å². The van der Waals surface area contributed by atoms with E-state index in [1.807, 2.05) is 20.8 Å². The molecule has 0 aromatic heterocycles. The molecule has 1 heterocycles. The molecule has 1 aliphatic carbocycles. The topological polar surface area (TPSA) is 49.8 Å². The van der Waals surface area contributed by atoms with Gasteiger partial charge in [-0.3, -0.25) is 0 Å². The van der Waals surface area contributed by atoms with E-state index in [1.165, 1.54) is 0 Å². The molecular formula is C15H25NO3. The Morgan fingerprint density at radius 1 is 1.42 bits per heavy atom. The molecule has 1 saturated heterocycles. The maximum absolute atomic E-state index is 12.1. The monoisotopic (exact) mass is 267 g/mol. The van der Waals surface area contributed by atoms with Crippen molar-refractivity contribution in [3.63, 3.8) is 0 Å². The quantitative estimate of drug-likeness (QED) is 0.743. The lowest BCUT2D eigenvalue weighted by atomic mass is 9.56. The van der Waals surface area contributed by atoms with Crippen molar-refractivity contribution in [2.75, 3.05) is 13.1 Å². The maximum Gasteiger partial charge on any atom is 0.410 e. The van der Waals surface area contributed by atoms with Crippen molar-refractivity contribution in [1.29, 1.82) is 0 Å². The second-order valence-corrected chi connectivity index (χ2v) is 7.17. The normalized spacial score (nSPS) is 34.8. The van der Waals surface area contributed by atoms with Crippen molar-refractivity contribution in [3.05, 3.63) is 12.7 Å². The van der Waals surface area contributed by atoms with Crippen LogP contribution in [0.25, 0.3) is 0 Å². The first kappa shape index (κ1) is 14.4. The van der Waals surface area contributed by atoms with Gasteiger partial charge in [0.1, 0.15) is 5.60 Å². The Hall–Kier alpha value is -1.03. The number of carbonyl (C=O) groups excluding carboxylic acids is 1. The molecule has 19 heavy (non-hydrogen) atoms. The number of piperidine rings is 1. The lowest BCUT2D eigenvalue weighted by Gasteiger charge is -2.56. The van der Waals surface area contributed by atoms with Crippen LogP contribution in [0.3, 0.4) is 0 Å². The van der Waals surface area contributed by atoms with Crippen molar-refractivity contribution in [2.45, 2.75) is 57.7 Å². The summed E-state index contributed by atoms with van der Waals surface area (Å²) in [4.78, 5) is 13.9. The zero-order valence-corrected chi connectivity index (χ0v) is 12.2. The van der Waals surface area contributed by atoms with Gasteiger partial charge in [-0.25, -0.2) is 4.79 Å². The number of ether oxygens (including phenoxy) is 1. The molecule has 2 aliphatic rings. The van der Waals surface area contributed by atoms with Gasteiger partial charge in [0.25, 0.3) is 0 Å². The van der Waals surface area contributed by atoms with Gasteiger partial charge < -0.3 is 14.7 Å². The van der Waals surface area contributed by atoms with Crippen LogP contribution < -0.4 is 0 Å². The van der Waals surface area contributed by atoms with Crippen molar-refractivity contribution >= 4 is 6.09 Å². The number of likely N-dealkylation sites (tertiary alicyclic amines) is 1. The molecule has 0 aromatic rings. The van der Waals surface area contributed by atoms with Gasteiger partial charge in [-0.05, 0) is 51.9 Å². The van der Waals surface area contributed by atoms with Crippen LogP contribution in [-0.4, -0.2) is 40.4 Å². The number of amides is 1. The fraction of sp³-hybridized carbons (Fsp3) is 0.800. The van der Waals surface area contributed by atoms with Crippen molar-refractivity contribution < 1.29 is 14.6 Å². The molecule has 0 atom stereocenters. The summed E-state index contributed by atoms with van der Waals surface area (Å²) in [6.07, 6.45) is 4.87. The van der Waals surface area contributed by atoms with Gasteiger partial charge in [0.2, 0.25) is 0 Å². The van der Waals surface area contributed by atoms with E-state index in [4.69, 9.17) is 4.74 Å². The molecular weight excluding hydrogens is 242 g/mol. The standard InChI is InChI=1S/C15H25NO3/c1-5-15(18)9-14(10-15)7-6-8-16(11-14)12(17)19-13(2,3)4/h5,18H,1,6-11H2,2-4H3. The van der Waals surface area contributed by atoms with Gasteiger partial charge in [-0.1, -0.05) is 6.08 Å². The van der Waals surface area contributed by atoms with E-state index in [2.05, 4.69) is 6.58 Å². The molecule has 2 fully saturated rings. The summed E-state index contributed by atoms with van der Waals surface area (Å²) in [7, 11) is 0. The number of rotatable bonds is 1. The lowest BCUT2D eigenvalue weighted by Crippen LogP contribution is -2.59. The predicted molar refractivity (Wildman–Crippen MR) is 73.9 cm³/mol. The second-order valence-electron chi connectivity index (χ2n) is 7.17. The number of carbonyl (C=O) groups is 1. The van der Waals surface area contributed by atoms with Crippen LogP contribution in [-0.2, 0) is 4.74 Å². The molecule has 4 nitrogen and oxygen atoms in total. The van der Waals surface area contributed by atoms with Gasteiger partial charge >= 0.3 is 6.09 Å². The SMILES string of the molecule is C=CC1(O)CC2(CCCN(C(=O)OC(C)(C)C)C2)C1. The summed E-state index contributed by atoms with van der Waals surface area (Å²) >= 11 is 0. The Morgan fingerprint density at radius 2 is 2.05 bits per heavy atom. The van der Waals surface area contributed by atoms with E-state index >= 15 is 0 Å². The van der Waals surface area contributed by atoms with E-state index < -0.39 is 11.2 Å². The Kier molecular flexibility index (Phi) is 3.42. The molecule has 1 spiro atoms. The maximum atomic E-state index is 12.1. The molecule has 2 rings (SSSR count). The Balaban J connectivity index is 1.95. The van der Waals surface area contributed by atoms with Crippen LogP contribution in [0.2, 0.25) is 0 Å². The summed E-state index contributed by atoms with van der Waals surface area (Å²) in [5, 5.41) is 10.1. The van der Waals surface area contributed by atoms with E-state index in [9.17, 15) is 9.90 Å². The largest absolute Gasteiger partial charge is 0.444 e. The molecule has 108 valence electrons. The molecule has 1 saturated carbocycles. The average Bonchev–Trinajstić information content (AvgIpc) is 2.25. The van der Waals surface area contributed by atoms with Gasteiger partial charge in [-0.2, -0.15) is 0 Å². The lowest BCUT2D eigenvalue weighted by molar-refractivity contribution is -0.121. The number of hydrogen-bond donors (Lipinski definition) is 1. The Labute approximate surface area is 115 Å². The molecule has 1 aliphatic heterocycles. The molecule has 0 radical (unpaired) electrons. The highest BCUT2D eigenvalue weighted by Crippen LogP contribution is 2.53. The van der Waals surface area contributed by atoms with Gasteiger partial charge in [0.15, 0.2) is 0 Å². The van der Waals surface area contributed by atoms with Crippen LogP contribution in [0.15, 0.2) is 12.7 Å². The van der Waals surface area contributed by atoms with E-state index in [1.54, 1.807) is 11.0 Å². The summed E-state index contributed by atoms with van der Waals surface area (Å²) in [5.41, 5.74) is -1.11. The first-order valence-corrected chi connectivity index (χ1v) is 7.01. The van der Waals surface area contributed by atoms with Crippen LogP contribution in [0, 0.1) is 5.41 Å². The Bertz CT molecular complexity index is 377. The molecule has 4 heteroatoms.